The predicted octanol–water partition coefficient (Wildman–Crippen LogP) is 2.31. The fourth-order valence-electron chi connectivity index (χ4n) is 1.67. The second kappa shape index (κ2) is 26.7. The van der Waals surface area contributed by atoms with E-state index in [1.165, 1.54) is 70.3 Å². The van der Waals surface area contributed by atoms with Gasteiger partial charge in [-0.25, -0.2) is 0 Å². The van der Waals surface area contributed by atoms with Crippen LogP contribution in [0.25, 0.3) is 0 Å². The van der Waals surface area contributed by atoms with Crippen LogP contribution in [0.1, 0.15) is 72.6 Å². The minimum atomic E-state index is 0. The Hall–Kier alpha value is 0.240. The summed E-state index contributed by atoms with van der Waals surface area (Å²) in [5.74, 6) is 0. The Morgan fingerprint density at radius 2 is 1.21 bits per heavy atom. The molecule has 0 atom stereocenters. The van der Waals surface area contributed by atoms with Gasteiger partial charge in [0.2, 0.25) is 0 Å². The van der Waals surface area contributed by atoms with Crippen molar-refractivity contribution in [3.8, 4) is 0 Å². The Labute approximate surface area is 144 Å². The van der Waals surface area contributed by atoms with Crippen LogP contribution in [0.15, 0.2) is 25.7 Å². The first-order chi connectivity index (χ1) is 8.83. The van der Waals surface area contributed by atoms with E-state index in [2.05, 4.69) is 24.8 Å². The van der Waals surface area contributed by atoms with Crippen molar-refractivity contribution >= 4 is 0 Å². The van der Waals surface area contributed by atoms with E-state index in [9.17, 15) is 0 Å². The van der Waals surface area contributed by atoms with E-state index in [4.69, 9.17) is 5.11 Å². The van der Waals surface area contributed by atoms with Crippen LogP contribution >= 0.6 is 0 Å². The summed E-state index contributed by atoms with van der Waals surface area (Å²) >= 11 is 0. The SMILES string of the molecule is C=COC=C.CCCCCCCCCCCCO.[H-].[Na+]. The zero-order valence-corrected chi connectivity index (χ0v) is 15.2. The zero-order valence-electron chi connectivity index (χ0n) is 14.2. The maximum absolute atomic E-state index is 8.57. The van der Waals surface area contributed by atoms with Crippen molar-refractivity contribution in [3.63, 3.8) is 0 Å². The van der Waals surface area contributed by atoms with Crippen LogP contribution in [0.3, 0.4) is 0 Å². The Balaban J connectivity index is -0.000000158. The van der Waals surface area contributed by atoms with Crippen LogP contribution in [0.2, 0.25) is 0 Å². The fourth-order valence-corrected chi connectivity index (χ4v) is 1.67. The van der Waals surface area contributed by atoms with Gasteiger partial charge < -0.3 is 11.3 Å². The molecule has 0 aliphatic carbocycles. The molecular formula is C16H33NaO2. The van der Waals surface area contributed by atoms with Crippen LogP contribution < -0.4 is 29.6 Å². The summed E-state index contributed by atoms with van der Waals surface area (Å²) in [5.41, 5.74) is 0. The number of aliphatic hydroxyl groups is 1. The van der Waals surface area contributed by atoms with Crippen molar-refractivity contribution in [2.24, 2.45) is 0 Å². The van der Waals surface area contributed by atoms with Gasteiger partial charge >= 0.3 is 29.6 Å². The molecule has 0 saturated carbocycles. The molecule has 0 aromatic carbocycles. The van der Waals surface area contributed by atoms with E-state index in [1.807, 2.05) is 0 Å². The minimum absolute atomic E-state index is 0. The average Bonchev–Trinajstić information content (AvgIpc) is 2.39. The quantitative estimate of drug-likeness (QED) is 0.338. The van der Waals surface area contributed by atoms with Crippen LogP contribution in [-0.4, -0.2) is 11.7 Å². The molecule has 0 bridgehead atoms. The molecule has 1 N–H and O–H groups in total. The molecule has 0 aliphatic rings. The van der Waals surface area contributed by atoms with Gasteiger partial charge in [-0.1, -0.05) is 77.9 Å². The smallest absolute Gasteiger partial charge is 1.00 e. The molecule has 0 fully saturated rings. The number of unbranched alkanes of at least 4 members (excludes halogenated alkanes) is 9. The molecule has 0 heterocycles. The summed E-state index contributed by atoms with van der Waals surface area (Å²) in [7, 11) is 0. The first kappa shape index (κ1) is 24.3. The van der Waals surface area contributed by atoms with Crippen molar-refractivity contribution in [1.29, 1.82) is 0 Å². The molecule has 3 heteroatoms. The van der Waals surface area contributed by atoms with Crippen LogP contribution in [0.5, 0.6) is 0 Å². The van der Waals surface area contributed by atoms with Crippen molar-refractivity contribution < 1.29 is 40.8 Å². The second-order valence-corrected chi connectivity index (χ2v) is 4.38. The molecule has 2 nitrogen and oxygen atoms in total. The van der Waals surface area contributed by atoms with E-state index in [0.717, 1.165) is 6.42 Å². The average molecular weight is 280 g/mol. The van der Waals surface area contributed by atoms with E-state index >= 15 is 0 Å². The molecule has 0 radical (unpaired) electrons. The summed E-state index contributed by atoms with van der Waals surface area (Å²) in [4.78, 5) is 0. The Bertz CT molecular complexity index is 151. The Kier molecular flexibility index (Phi) is 34.2. The molecule has 0 saturated heterocycles. The van der Waals surface area contributed by atoms with Crippen molar-refractivity contribution in [1.82, 2.24) is 0 Å². The molecule has 0 unspecified atom stereocenters. The number of aliphatic hydroxyl groups excluding tert-OH is 1. The molecule has 0 amide bonds. The third-order valence-electron chi connectivity index (χ3n) is 2.70. The van der Waals surface area contributed by atoms with Gasteiger partial charge in [0.25, 0.3) is 0 Å². The predicted molar refractivity (Wildman–Crippen MR) is 81.5 cm³/mol. The van der Waals surface area contributed by atoms with Gasteiger partial charge in [-0.15, -0.1) is 0 Å². The third kappa shape index (κ3) is 32.1. The van der Waals surface area contributed by atoms with E-state index in [-0.39, 0.29) is 31.0 Å². The largest absolute Gasteiger partial charge is 1.00 e. The van der Waals surface area contributed by atoms with Gasteiger partial charge in [-0.3, -0.25) is 0 Å². The summed E-state index contributed by atoms with van der Waals surface area (Å²) in [6.45, 7) is 9.14. The number of hydrogen-bond acceptors (Lipinski definition) is 2. The molecule has 0 aromatic heterocycles. The minimum Gasteiger partial charge on any atom is -1.00 e. The van der Waals surface area contributed by atoms with Gasteiger partial charge in [0.1, 0.15) is 0 Å². The zero-order chi connectivity index (χ0) is 13.9. The first-order valence-corrected chi connectivity index (χ1v) is 7.31. The summed E-state index contributed by atoms with van der Waals surface area (Å²) < 4.78 is 4.36. The second-order valence-electron chi connectivity index (χ2n) is 4.38. The molecule has 0 aliphatic heterocycles. The van der Waals surface area contributed by atoms with Crippen molar-refractivity contribution in [2.45, 2.75) is 71.1 Å². The molecule has 0 spiro atoms. The monoisotopic (exact) mass is 280 g/mol. The molecular weight excluding hydrogens is 247 g/mol. The number of ether oxygens (including phenoxy) is 1. The van der Waals surface area contributed by atoms with E-state index in [1.54, 1.807) is 0 Å². The Morgan fingerprint density at radius 1 is 0.842 bits per heavy atom. The van der Waals surface area contributed by atoms with Crippen LogP contribution in [0, 0.1) is 0 Å². The Morgan fingerprint density at radius 3 is 1.47 bits per heavy atom. The summed E-state index contributed by atoms with van der Waals surface area (Å²) in [6, 6.07) is 0. The molecule has 19 heavy (non-hydrogen) atoms. The van der Waals surface area contributed by atoms with Gasteiger partial charge in [-0.2, -0.15) is 0 Å². The van der Waals surface area contributed by atoms with Crippen molar-refractivity contribution in [3.05, 3.63) is 25.7 Å². The standard InChI is InChI=1S/C12H26O.C4H6O.Na.H/c1-2-3-4-5-6-7-8-9-10-11-12-13;1-3-5-4-2;;/h13H,2-12H2,1H3;3-4H,1-2H2;;/q;;+1;-1. The molecule has 110 valence electrons. The third-order valence-corrected chi connectivity index (χ3v) is 2.70. The topological polar surface area (TPSA) is 29.5 Å². The summed E-state index contributed by atoms with van der Waals surface area (Å²) in [5, 5.41) is 8.57. The van der Waals surface area contributed by atoms with Gasteiger partial charge in [0.15, 0.2) is 0 Å². The summed E-state index contributed by atoms with van der Waals surface area (Å²) in [6.07, 6.45) is 15.9. The maximum Gasteiger partial charge on any atom is 1.00 e. The normalized spacial score (nSPS) is 8.74. The molecule has 0 rings (SSSR count). The number of rotatable bonds is 12. The first-order valence-electron chi connectivity index (χ1n) is 7.31. The van der Waals surface area contributed by atoms with E-state index < -0.39 is 0 Å². The molecule has 0 aromatic rings. The van der Waals surface area contributed by atoms with Gasteiger partial charge in [0.05, 0.1) is 12.5 Å². The van der Waals surface area contributed by atoms with Crippen LogP contribution in [-0.2, 0) is 4.74 Å². The van der Waals surface area contributed by atoms with Gasteiger partial charge in [0, 0.05) is 6.61 Å². The van der Waals surface area contributed by atoms with Crippen LogP contribution in [0.4, 0.5) is 0 Å². The van der Waals surface area contributed by atoms with Gasteiger partial charge in [-0.05, 0) is 6.42 Å². The van der Waals surface area contributed by atoms with Crippen molar-refractivity contribution in [2.75, 3.05) is 6.61 Å². The van der Waals surface area contributed by atoms with E-state index in [0.29, 0.717) is 6.61 Å². The fraction of sp³-hybridized carbons (Fsp3) is 0.750. The maximum atomic E-state index is 8.57. The number of hydrogen-bond donors (Lipinski definition) is 1.